The molecule has 148 valence electrons. The van der Waals surface area contributed by atoms with Gasteiger partial charge in [0.15, 0.2) is 12.4 Å². The molecule has 1 aliphatic rings. The zero-order valence-electron chi connectivity index (χ0n) is 15.5. The predicted octanol–water partition coefficient (Wildman–Crippen LogP) is 3.85. The first-order valence-corrected chi connectivity index (χ1v) is 8.87. The minimum absolute atomic E-state index is 0.0259. The molecule has 4 rings (SSSR count). The van der Waals surface area contributed by atoms with Crippen molar-refractivity contribution >= 4 is 17.3 Å². The first-order valence-electron chi connectivity index (χ1n) is 8.87. The number of aryl methyl sites for hydroxylation is 1. The lowest BCUT2D eigenvalue weighted by atomic mass is 10.1. The van der Waals surface area contributed by atoms with E-state index < -0.39 is 23.5 Å². The van der Waals surface area contributed by atoms with Crippen LogP contribution in [0.4, 0.5) is 5.69 Å². The van der Waals surface area contributed by atoms with Gasteiger partial charge in [-0.2, -0.15) is 5.10 Å². The maximum atomic E-state index is 12.8. The first-order chi connectivity index (χ1) is 14.0. The summed E-state index contributed by atoms with van der Waals surface area (Å²) in [6, 6.07) is 11.1. The number of carbonyl (C=O) groups excluding carboxylic acids is 1. The lowest BCUT2D eigenvalue weighted by Crippen LogP contribution is -2.31. The number of rotatable bonds is 6. The molecule has 0 aliphatic carbocycles. The van der Waals surface area contributed by atoms with E-state index in [1.807, 2.05) is 0 Å². The van der Waals surface area contributed by atoms with Gasteiger partial charge in [-0.25, -0.2) is 5.01 Å². The Morgan fingerprint density at radius 1 is 1.28 bits per heavy atom. The number of hydrogen-bond donors (Lipinski definition) is 0. The van der Waals surface area contributed by atoms with Gasteiger partial charge in [0.05, 0.1) is 17.4 Å². The van der Waals surface area contributed by atoms with Crippen LogP contribution in [0, 0.1) is 17.0 Å². The summed E-state index contributed by atoms with van der Waals surface area (Å²) < 4.78 is 16.3. The Morgan fingerprint density at radius 3 is 2.76 bits per heavy atom. The molecule has 3 aromatic rings. The van der Waals surface area contributed by atoms with Gasteiger partial charge in [-0.15, -0.1) is 0 Å². The second-order valence-electron chi connectivity index (χ2n) is 6.51. The summed E-state index contributed by atoms with van der Waals surface area (Å²) in [5.74, 6) is 0.706. The summed E-state index contributed by atoms with van der Waals surface area (Å²) in [4.78, 5) is 23.5. The summed E-state index contributed by atoms with van der Waals surface area (Å²) in [6.45, 7) is 1.33. The molecular formula is C20H17N3O6. The van der Waals surface area contributed by atoms with Gasteiger partial charge in [0.1, 0.15) is 23.3 Å². The van der Waals surface area contributed by atoms with E-state index in [1.165, 1.54) is 29.7 Å². The molecule has 0 radical (unpaired) electrons. The number of hydrogen-bond acceptors (Lipinski definition) is 7. The van der Waals surface area contributed by atoms with E-state index in [0.717, 1.165) is 5.56 Å². The number of furan rings is 2. The second-order valence-corrected chi connectivity index (χ2v) is 6.51. The van der Waals surface area contributed by atoms with Crippen LogP contribution in [0.25, 0.3) is 0 Å². The van der Waals surface area contributed by atoms with Gasteiger partial charge in [0, 0.05) is 12.5 Å². The van der Waals surface area contributed by atoms with Gasteiger partial charge in [-0.05, 0) is 42.8 Å². The Hall–Kier alpha value is -3.88. The maximum absolute atomic E-state index is 12.8. The van der Waals surface area contributed by atoms with E-state index in [0.29, 0.717) is 23.7 Å². The van der Waals surface area contributed by atoms with Gasteiger partial charge in [-0.1, -0.05) is 6.07 Å². The van der Waals surface area contributed by atoms with E-state index in [4.69, 9.17) is 13.6 Å². The quantitative estimate of drug-likeness (QED) is 0.463. The average molecular weight is 395 g/mol. The molecule has 2 aromatic heterocycles. The topological polar surface area (TPSA) is 111 Å². The molecule has 0 bridgehead atoms. The number of hydrazone groups is 1. The minimum Gasteiger partial charge on any atom is -0.477 e. The molecule has 1 atom stereocenters. The van der Waals surface area contributed by atoms with Crippen LogP contribution < -0.4 is 4.74 Å². The zero-order valence-corrected chi connectivity index (χ0v) is 15.5. The number of nitro groups is 1. The SMILES string of the molecule is Cc1ccc(OCC(=O)N2N=C(c3ccco3)CC2c2ccco2)c([N+](=O)[O-])c1. The van der Waals surface area contributed by atoms with Crippen molar-refractivity contribution in [3.63, 3.8) is 0 Å². The average Bonchev–Trinajstić information content (AvgIpc) is 3.47. The molecule has 3 heterocycles. The van der Waals surface area contributed by atoms with Gasteiger partial charge >= 0.3 is 5.69 Å². The highest BCUT2D eigenvalue weighted by atomic mass is 16.6. The van der Waals surface area contributed by atoms with Crippen molar-refractivity contribution in [3.05, 3.63) is 82.2 Å². The van der Waals surface area contributed by atoms with Crippen molar-refractivity contribution in [1.82, 2.24) is 5.01 Å². The van der Waals surface area contributed by atoms with Crippen molar-refractivity contribution in [3.8, 4) is 5.75 Å². The van der Waals surface area contributed by atoms with Crippen molar-refractivity contribution in [1.29, 1.82) is 0 Å². The number of benzene rings is 1. The highest BCUT2D eigenvalue weighted by Gasteiger charge is 2.36. The Bertz CT molecular complexity index is 1060. The van der Waals surface area contributed by atoms with Crippen LogP contribution in [0.1, 0.15) is 29.5 Å². The van der Waals surface area contributed by atoms with Crippen molar-refractivity contribution < 1.29 is 23.3 Å². The number of ether oxygens (including phenoxy) is 1. The van der Waals surface area contributed by atoms with Crippen LogP contribution in [0.2, 0.25) is 0 Å². The van der Waals surface area contributed by atoms with Crippen LogP contribution in [0.5, 0.6) is 5.75 Å². The minimum atomic E-state index is -0.540. The molecular weight excluding hydrogens is 378 g/mol. The lowest BCUT2D eigenvalue weighted by molar-refractivity contribution is -0.385. The van der Waals surface area contributed by atoms with Crippen LogP contribution in [0.3, 0.4) is 0 Å². The molecule has 9 nitrogen and oxygen atoms in total. The normalized spacial score (nSPS) is 16.0. The lowest BCUT2D eigenvalue weighted by Gasteiger charge is -2.19. The molecule has 0 fully saturated rings. The predicted molar refractivity (Wildman–Crippen MR) is 101 cm³/mol. The van der Waals surface area contributed by atoms with E-state index in [1.54, 1.807) is 37.3 Å². The molecule has 0 spiro atoms. The zero-order chi connectivity index (χ0) is 20.4. The number of carbonyl (C=O) groups is 1. The van der Waals surface area contributed by atoms with Gasteiger partial charge in [0.2, 0.25) is 0 Å². The molecule has 1 aliphatic heterocycles. The summed E-state index contributed by atoms with van der Waals surface area (Å²) in [5, 5.41) is 16.9. The van der Waals surface area contributed by atoms with Crippen LogP contribution in [-0.4, -0.2) is 28.2 Å². The first kappa shape index (κ1) is 18.5. The molecule has 1 unspecified atom stereocenters. The molecule has 1 amide bonds. The number of nitrogens with zero attached hydrogens (tertiary/aromatic N) is 3. The van der Waals surface area contributed by atoms with Gasteiger partial charge in [-0.3, -0.25) is 14.9 Å². The molecule has 9 heteroatoms. The highest BCUT2D eigenvalue weighted by Crippen LogP contribution is 2.34. The van der Waals surface area contributed by atoms with E-state index in [9.17, 15) is 14.9 Å². The summed E-state index contributed by atoms with van der Waals surface area (Å²) in [7, 11) is 0. The number of nitro benzene ring substituents is 1. The summed E-state index contributed by atoms with van der Waals surface area (Å²) in [5.41, 5.74) is 1.13. The fraction of sp³-hybridized carbons (Fsp3) is 0.200. The van der Waals surface area contributed by atoms with Crippen molar-refractivity contribution in [2.45, 2.75) is 19.4 Å². The van der Waals surface area contributed by atoms with Crippen LogP contribution in [-0.2, 0) is 4.79 Å². The van der Waals surface area contributed by atoms with Crippen LogP contribution in [0.15, 0.2) is 68.9 Å². The van der Waals surface area contributed by atoms with Crippen molar-refractivity contribution in [2.24, 2.45) is 5.10 Å². The van der Waals surface area contributed by atoms with Crippen molar-refractivity contribution in [2.75, 3.05) is 6.61 Å². The third-order valence-electron chi connectivity index (χ3n) is 4.51. The van der Waals surface area contributed by atoms with Crippen LogP contribution >= 0.6 is 0 Å². The molecule has 29 heavy (non-hydrogen) atoms. The third kappa shape index (κ3) is 3.75. The van der Waals surface area contributed by atoms with E-state index in [2.05, 4.69) is 5.10 Å². The maximum Gasteiger partial charge on any atom is 0.311 e. The second kappa shape index (κ2) is 7.63. The largest absolute Gasteiger partial charge is 0.477 e. The Morgan fingerprint density at radius 2 is 2.07 bits per heavy atom. The highest BCUT2D eigenvalue weighted by molar-refractivity contribution is 6.01. The number of amides is 1. The molecule has 0 N–H and O–H groups in total. The van der Waals surface area contributed by atoms with Gasteiger partial charge < -0.3 is 13.6 Å². The molecule has 1 aromatic carbocycles. The molecule has 0 saturated heterocycles. The fourth-order valence-electron chi connectivity index (χ4n) is 3.13. The smallest absolute Gasteiger partial charge is 0.311 e. The Balaban J connectivity index is 1.55. The third-order valence-corrected chi connectivity index (χ3v) is 4.51. The fourth-order valence-corrected chi connectivity index (χ4v) is 3.13. The molecule has 0 saturated carbocycles. The summed E-state index contributed by atoms with van der Waals surface area (Å²) >= 11 is 0. The Kier molecular flexibility index (Phi) is 4.86. The standard InChI is InChI=1S/C20H17N3O6/c1-13-6-7-19(16(10-13)23(25)26)29-12-20(24)22-15(18-5-3-9-28-18)11-14(21-22)17-4-2-8-27-17/h2-10,15H,11-12H2,1H3. The van der Waals surface area contributed by atoms with E-state index >= 15 is 0 Å². The van der Waals surface area contributed by atoms with E-state index in [-0.39, 0.29) is 11.4 Å². The van der Waals surface area contributed by atoms with Gasteiger partial charge in [0.25, 0.3) is 5.91 Å². The monoisotopic (exact) mass is 395 g/mol. The summed E-state index contributed by atoms with van der Waals surface area (Å²) in [6.07, 6.45) is 3.47. The Labute approximate surface area is 165 Å².